The molecule has 23 heavy (non-hydrogen) atoms. The van der Waals surface area contributed by atoms with Crippen LogP contribution < -0.4 is 10.6 Å². The monoisotopic (exact) mass is 371 g/mol. The molecule has 0 aliphatic rings. The minimum absolute atomic E-state index is 0.117. The lowest BCUT2D eigenvalue weighted by Crippen LogP contribution is -2.14. The van der Waals surface area contributed by atoms with E-state index in [0.717, 1.165) is 10.0 Å². The Labute approximate surface area is 142 Å². The number of hydrogen-bond donors (Lipinski definition) is 2. The molecule has 2 rings (SSSR count). The smallest absolute Gasteiger partial charge is 0.238 e. The largest absolute Gasteiger partial charge is 0.326 e. The zero-order valence-electron chi connectivity index (χ0n) is 12.2. The lowest BCUT2D eigenvalue weighted by Gasteiger charge is -2.07. The summed E-state index contributed by atoms with van der Waals surface area (Å²) in [5, 5.41) is 13.8. The van der Waals surface area contributed by atoms with Crippen LogP contribution in [0.4, 0.5) is 11.4 Å². The lowest BCUT2D eigenvalue weighted by atomic mass is 10.1. The predicted octanol–water partition coefficient (Wildman–Crippen LogP) is 3.48. The van der Waals surface area contributed by atoms with Crippen LogP contribution in [0.5, 0.6) is 0 Å². The van der Waals surface area contributed by atoms with Crippen molar-refractivity contribution in [1.29, 1.82) is 5.26 Å². The van der Waals surface area contributed by atoms with E-state index >= 15 is 0 Å². The zero-order chi connectivity index (χ0) is 16.7. The molecule has 2 amide bonds. The molecule has 6 heteroatoms. The number of anilines is 2. The van der Waals surface area contributed by atoms with Crippen molar-refractivity contribution in [2.75, 3.05) is 10.6 Å². The van der Waals surface area contributed by atoms with Gasteiger partial charge in [-0.3, -0.25) is 9.59 Å². The van der Waals surface area contributed by atoms with Crippen LogP contribution in [0.1, 0.15) is 12.0 Å². The van der Waals surface area contributed by atoms with E-state index in [2.05, 4.69) is 26.6 Å². The first-order valence-electron chi connectivity index (χ1n) is 6.88. The van der Waals surface area contributed by atoms with Gasteiger partial charge in [0.1, 0.15) is 6.42 Å². The highest BCUT2D eigenvalue weighted by atomic mass is 79.9. The Hall–Kier alpha value is -2.65. The molecular formula is C17H14BrN3O2. The summed E-state index contributed by atoms with van der Waals surface area (Å²) in [5.74, 6) is -0.479. The maximum absolute atomic E-state index is 12.0. The van der Waals surface area contributed by atoms with Crippen molar-refractivity contribution in [3.05, 3.63) is 58.6 Å². The molecule has 116 valence electrons. The van der Waals surface area contributed by atoms with Crippen LogP contribution in [0.2, 0.25) is 0 Å². The number of hydrogen-bond acceptors (Lipinski definition) is 3. The molecule has 0 atom stereocenters. The third-order valence-electron chi connectivity index (χ3n) is 2.97. The van der Waals surface area contributed by atoms with E-state index in [1.54, 1.807) is 30.3 Å². The van der Waals surface area contributed by atoms with Crippen molar-refractivity contribution in [3.63, 3.8) is 0 Å². The molecule has 0 aromatic heterocycles. The Kier molecular flexibility index (Phi) is 5.89. The highest BCUT2D eigenvalue weighted by Crippen LogP contribution is 2.15. The Morgan fingerprint density at radius 2 is 1.43 bits per heavy atom. The van der Waals surface area contributed by atoms with Gasteiger partial charge in [0.25, 0.3) is 0 Å². The number of halogens is 1. The molecule has 0 aliphatic heterocycles. The number of nitriles is 1. The number of benzene rings is 2. The van der Waals surface area contributed by atoms with Gasteiger partial charge >= 0.3 is 0 Å². The van der Waals surface area contributed by atoms with Crippen LogP contribution in [-0.4, -0.2) is 11.8 Å². The quantitative estimate of drug-likeness (QED) is 0.843. The molecule has 0 spiro atoms. The highest BCUT2D eigenvalue weighted by Gasteiger charge is 2.05. The maximum atomic E-state index is 12.0. The molecule has 0 saturated heterocycles. The van der Waals surface area contributed by atoms with E-state index in [9.17, 15) is 9.59 Å². The first-order chi connectivity index (χ1) is 11.1. The van der Waals surface area contributed by atoms with Gasteiger partial charge in [-0.1, -0.05) is 28.1 Å². The molecule has 0 fully saturated rings. The molecule has 0 unspecified atom stereocenters. The van der Waals surface area contributed by atoms with Gasteiger partial charge in [0.2, 0.25) is 11.8 Å². The summed E-state index contributed by atoms with van der Waals surface area (Å²) in [4.78, 5) is 23.3. The summed E-state index contributed by atoms with van der Waals surface area (Å²) in [5.41, 5.74) is 2.15. The fourth-order valence-corrected chi connectivity index (χ4v) is 2.17. The van der Waals surface area contributed by atoms with E-state index in [-0.39, 0.29) is 24.7 Å². The summed E-state index contributed by atoms with van der Waals surface area (Å²) in [6.07, 6.45) is 0.0968. The fourth-order valence-electron chi connectivity index (χ4n) is 1.91. The van der Waals surface area contributed by atoms with E-state index in [1.165, 1.54) is 0 Å². The molecule has 2 aromatic rings. The van der Waals surface area contributed by atoms with Gasteiger partial charge in [0.15, 0.2) is 0 Å². The number of carbonyl (C=O) groups excluding carboxylic acids is 2. The minimum Gasteiger partial charge on any atom is -0.326 e. The second kappa shape index (κ2) is 8.11. The summed E-state index contributed by atoms with van der Waals surface area (Å²) in [7, 11) is 0. The molecule has 0 saturated carbocycles. The van der Waals surface area contributed by atoms with Crippen LogP contribution in [0.3, 0.4) is 0 Å². The third-order valence-corrected chi connectivity index (χ3v) is 3.50. The molecule has 2 aromatic carbocycles. The maximum Gasteiger partial charge on any atom is 0.238 e. The van der Waals surface area contributed by atoms with Crippen molar-refractivity contribution in [2.45, 2.75) is 12.8 Å². The lowest BCUT2D eigenvalue weighted by molar-refractivity contribution is -0.116. The van der Waals surface area contributed by atoms with Crippen molar-refractivity contribution >= 4 is 39.1 Å². The average molecular weight is 372 g/mol. The normalized spacial score (nSPS) is 9.74. The van der Waals surface area contributed by atoms with Gasteiger partial charge in [-0.05, 0) is 42.0 Å². The molecule has 0 heterocycles. The van der Waals surface area contributed by atoms with Gasteiger partial charge < -0.3 is 10.6 Å². The Bertz CT molecular complexity index is 734. The number of rotatable bonds is 5. The second-order valence-corrected chi connectivity index (χ2v) is 5.73. The summed E-state index contributed by atoms with van der Waals surface area (Å²) < 4.78 is 0.968. The van der Waals surface area contributed by atoms with E-state index < -0.39 is 0 Å². The third kappa shape index (κ3) is 5.57. The number of nitrogens with zero attached hydrogens (tertiary/aromatic N) is 1. The molecule has 0 aliphatic carbocycles. The van der Waals surface area contributed by atoms with Crippen LogP contribution >= 0.6 is 15.9 Å². The van der Waals surface area contributed by atoms with Crippen LogP contribution in [0.25, 0.3) is 0 Å². The highest BCUT2D eigenvalue weighted by molar-refractivity contribution is 9.10. The minimum atomic E-state index is -0.362. The standard InChI is InChI=1S/C17H14BrN3O2/c18-13-3-1-12(2-4-13)11-17(23)21-15-7-5-14(6-8-15)20-16(22)9-10-19/h1-8H,9,11H2,(H,20,22)(H,21,23). The molecule has 0 radical (unpaired) electrons. The van der Waals surface area contributed by atoms with Crippen LogP contribution in [-0.2, 0) is 16.0 Å². The van der Waals surface area contributed by atoms with Crippen LogP contribution in [0, 0.1) is 11.3 Å². The van der Waals surface area contributed by atoms with Crippen molar-refractivity contribution in [3.8, 4) is 6.07 Å². The average Bonchev–Trinajstić information content (AvgIpc) is 2.52. The molecule has 5 nitrogen and oxygen atoms in total. The van der Waals surface area contributed by atoms with Crippen molar-refractivity contribution in [2.24, 2.45) is 0 Å². The number of nitrogens with one attached hydrogen (secondary N) is 2. The van der Waals surface area contributed by atoms with Crippen LogP contribution in [0.15, 0.2) is 53.0 Å². The Morgan fingerprint density at radius 3 is 1.96 bits per heavy atom. The SMILES string of the molecule is N#CCC(=O)Nc1ccc(NC(=O)Cc2ccc(Br)cc2)cc1. The summed E-state index contributed by atoms with van der Waals surface area (Å²) >= 11 is 3.35. The first kappa shape index (κ1) is 16.7. The van der Waals surface area contributed by atoms with Gasteiger partial charge in [-0.2, -0.15) is 5.26 Å². The predicted molar refractivity (Wildman–Crippen MR) is 91.8 cm³/mol. The fraction of sp³-hybridized carbons (Fsp3) is 0.118. The number of carbonyl (C=O) groups is 2. The van der Waals surface area contributed by atoms with Gasteiger partial charge in [-0.15, -0.1) is 0 Å². The Balaban J connectivity index is 1.90. The summed E-state index contributed by atoms with van der Waals surface area (Å²) in [6.45, 7) is 0. The zero-order valence-corrected chi connectivity index (χ0v) is 13.8. The van der Waals surface area contributed by atoms with E-state index in [4.69, 9.17) is 5.26 Å². The van der Waals surface area contributed by atoms with Gasteiger partial charge in [0, 0.05) is 15.8 Å². The van der Waals surface area contributed by atoms with E-state index in [1.807, 2.05) is 24.3 Å². The number of amides is 2. The van der Waals surface area contributed by atoms with E-state index in [0.29, 0.717) is 11.4 Å². The molecule has 2 N–H and O–H groups in total. The Morgan fingerprint density at radius 1 is 0.913 bits per heavy atom. The van der Waals surface area contributed by atoms with Gasteiger partial charge in [-0.25, -0.2) is 0 Å². The van der Waals surface area contributed by atoms with Crippen molar-refractivity contribution < 1.29 is 9.59 Å². The van der Waals surface area contributed by atoms with Gasteiger partial charge in [0.05, 0.1) is 12.5 Å². The molecular weight excluding hydrogens is 358 g/mol. The van der Waals surface area contributed by atoms with Crippen molar-refractivity contribution in [1.82, 2.24) is 0 Å². The second-order valence-electron chi connectivity index (χ2n) is 4.81. The first-order valence-corrected chi connectivity index (χ1v) is 7.67. The topological polar surface area (TPSA) is 82.0 Å². The summed E-state index contributed by atoms with van der Waals surface area (Å²) in [6, 6.07) is 16.1. The molecule has 0 bridgehead atoms.